The summed E-state index contributed by atoms with van der Waals surface area (Å²) in [4.78, 5) is 0. The van der Waals surface area contributed by atoms with E-state index in [1.54, 1.807) is 0 Å². The predicted octanol–water partition coefficient (Wildman–Crippen LogP) is 2.99. The van der Waals surface area contributed by atoms with Crippen LogP contribution in [-0.4, -0.2) is 18.4 Å². The van der Waals surface area contributed by atoms with Crippen LogP contribution < -0.4 is 14.3 Å². The van der Waals surface area contributed by atoms with Crippen molar-refractivity contribution in [3.05, 3.63) is 119 Å². The number of benzene rings is 4. The summed E-state index contributed by atoms with van der Waals surface area (Å²) in [5.41, 5.74) is 3.41. The van der Waals surface area contributed by atoms with E-state index < -0.39 is 18.4 Å². The molecule has 0 atom stereocenters. The Kier molecular flexibility index (Phi) is 6.43. The molecule has 0 aliphatic heterocycles. The average molecular weight is 523 g/mol. The van der Waals surface area contributed by atoms with Gasteiger partial charge < -0.3 is 0 Å². The van der Waals surface area contributed by atoms with Crippen LogP contribution in [0.1, 0.15) is 22.3 Å². The van der Waals surface area contributed by atoms with Crippen molar-refractivity contribution in [1.82, 2.24) is 0 Å². The summed E-state index contributed by atoms with van der Waals surface area (Å²) in [5, 5.41) is 0. The molecule has 0 bridgehead atoms. The maximum atomic E-state index is 5.65. The molecule has 0 aliphatic rings. The molecule has 4 rings (SSSR count). The summed E-state index contributed by atoms with van der Waals surface area (Å²) >= 11 is -3.78. The fraction of sp³-hybridized carbons (Fsp3) is 0. The number of terminal acetylenes is 4. The van der Waals surface area contributed by atoms with E-state index >= 15 is 0 Å². The van der Waals surface area contributed by atoms with Gasteiger partial charge in [-0.25, -0.2) is 0 Å². The molecule has 0 radical (unpaired) electrons. The van der Waals surface area contributed by atoms with E-state index in [0.717, 1.165) is 22.3 Å². The Morgan fingerprint density at radius 2 is 0.515 bits per heavy atom. The summed E-state index contributed by atoms with van der Waals surface area (Å²) in [6.45, 7) is 0. The van der Waals surface area contributed by atoms with Gasteiger partial charge in [-0.3, -0.25) is 0 Å². The van der Waals surface area contributed by atoms with Gasteiger partial charge in [-0.2, -0.15) is 0 Å². The normalized spacial score (nSPS) is 10.3. The van der Waals surface area contributed by atoms with Crippen molar-refractivity contribution < 1.29 is 0 Å². The van der Waals surface area contributed by atoms with Crippen molar-refractivity contribution in [2.75, 3.05) is 0 Å². The van der Waals surface area contributed by atoms with Crippen molar-refractivity contribution in [3.63, 3.8) is 0 Å². The molecule has 0 heterocycles. The maximum absolute atomic E-state index is 5.65. The Labute approximate surface area is 200 Å². The van der Waals surface area contributed by atoms with E-state index in [1.807, 2.05) is 48.5 Å². The standard InChI is InChI=1S/4C8H5.Sn/c4*1-2-8-6-4-3-5-7-8;/h4*1,4-7H;. The van der Waals surface area contributed by atoms with Crippen molar-refractivity contribution in [2.24, 2.45) is 0 Å². The molecule has 0 saturated carbocycles. The molecule has 0 saturated heterocycles. The monoisotopic (exact) mass is 524 g/mol. The molecule has 33 heavy (non-hydrogen) atoms. The third-order valence-electron chi connectivity index (χ3n) is 5.94. The second kappa shape index (κ2) is 9.59. The first-order valence-electron chi connectivity index (χ1n) is 10.4. The fourth-order valence-electron chi connectivity index (χ4n) is 4.27. The molecular weight excluding hydrogens is 503 g/mol. The third kappa shape index (κ3) is 4.07. The van der Waals surface area contributed by atoms with Gasteiger partial charge in [0.25, 0.3) is 0 Å². The quantitative estimate of drug-likeness (QED) is 0.285. The second-order valence-corrected chi connectivity index (χ2v) is 18.5. The van der Waals surface area contributed by atoms with E-state index in [1.165, 1.54) is 14.3 Å². The van der Waals surface area contributed by atoms with Crippen LogP contribution in [0.5, 0.6) is 0 Å². The summed E-state index contributed by atoms with van der Waals surface area (Å²) in [6, 6.07) is 33.5. The summed E-state index contributed by atoms with van der Waals surface area (Å²) in [6.07, 6.45) is 22.6. The zero-order valence-electron chi connectivity index (χ0n) is 18.0. The molecule has 0 spiro atoms. The molecular formula is C32H20Sn. The molecule has 0 unspecified atom stereocenters. The summed E-state index contributed by atoms with van der Waals surface area (Å²) in [5.74, 6) is 10.9. The van der Waals surface area contributed by atoms with Gasteiger partial charge in [0.15, 0.2) is 0 Å². The molecule has 0 aliphatic carbocycles. The summed E-state index contributed by atoms with van der Waals surface area (Å²) < 4.78 is 5.11. The third-order valence-corrected chi connectivity index (χ3v) is 19.6. The van der Waals surface area contributed by atoms with E-state index in [4.69, 9.17) is 25.7 Å². The molecule has 4 aromatic rings. The average Bonchev–Trinajstić information content (AvgIpc) is 2.90. The van der Waals surface area contributed by atoms with Crippen LogP contribution in [0.4, 0.5) is 0 Å². The molecule has 0 nitrogen and oxygen atoms in total. The van der Waals surface area contributed by atoms with Crippen LogP contribution in [0.15, 0.2) is 97.1 Å². The van der Waals surface area contributed by atoms with E-state index in [9.17, 15) is 0 Å². The molecule has 1 heteroatoms. The molecule has 0 aromatic heterocycles. The number of hydrogen-bond acceptors (Lipinski definition) is 0. The van der Waals surface area contributed by atoms with Gasteiger partial charge in [0.05, 0.1) is 0 Å². The van der Waals surface area contributed by atoms with Crippen molar-refractivity contribution in [2.45, 2.75) is 0 Å². The Morgan fingerprint density at radius 1 is 0.333 bits per heavy atom. The Bertz CT molecular complexity index is 1210. The molecule has 152 valence electrons. The van der Waals surface area contributed by atoms with Gasteiger partial charge in [-0.15, -0.1) is 0 Å². The van der Waals surface area contributed by atoms with Crippen LogP contribution in [0.3, 0.4) is 0 Å². The van der Waals surface area contributed by atoms with Crippen LogP contribution in [0, 0.1) is 49.4 Å². The van der Waals surface area contributed by atoms with Gasteiger partial charge in [0.2, 0.25) is 0 Å². The molecule has 0 fully saturated rings. The van der Waals surface area contributed by atoms with Gasteiger partial charge in [0.1, 0.15) is 0 Å². The minimum atomic E-state index is -3.78. The Morgan fingerprint density at radius 3 is 0.667 bits per heavy atom. The number of hydrogen-bond donors (Lipinski definition) is 0. The molecule has 0 N–H and O–H groups in total. The van der Waals surface area contributed by atoms with Crippen molar-refractivity contribution in [1.29, 1.82) is 0 Å². The second-order valence-electron chi connectivity index (χ2n) is 7.64. The number of rotatable bonds is 4. The molecule has 0 amide bonds. The first-order chi connectivity index (χ1) is 16.1. The van der Waals surface area contributed by atoms with Crippen LogP contribution >= 0.6 is 0 Å². The molecule has 4 aromatic carbocycles. The van der Waals surface area contributed by atoms with Gasteiger partial charge >= 0.3 is 201 Å². The van der Waals surface area contributed by atoms with Crippen molar-refractivity contribution >= 4 is 32.7 Å². The van der Waals surface area contributed by atoms with E-state index in [-0.39, 0.29) is 0 Å². The minimum absolute atomic E-state index is 0.854. The van der Waals surface area contributed by atoms with E-state index in [2.05, 4.69) is 72.2 Å². The summed E-state index contributed by atoms with van der Waals surface area (Å²) in [7, 11) is 0. The van der Waals surface area contributed by atoms with Gasteiger partial charge in [0, 0.05) is 0 Å². The van der Waals surface area contributed by atoms with Crippen molar-refractivity contribution in [3.8, 4) is 49.4 Å². The van der Waals surface area contributed by atoms with Crippen LogP contribution in [-0.2, 0) is 0 Å². The zero-order chi connectivity index (χ0) is 23.3. The predicted molar refractivity (Wildman–Crippen MR) is 142 cm³/mol. The Balaban J connectivity index is 2.11. The van der Waals surface area contributed by atoms with Crippen LogP contribution in [0.2, 0.25) is 0 Å². The van der Waals surface area contributed by atoms with Gasteiger partial charge in [-0.1, -0.05) is 0 Å². The Hall–Kier alpha value is -4.08. The van der Waals surface area contributed by atoms with Crippen LogP contribution in [0.25, 0.3) is 0 Å². The first kappa shape index (κ1) is 22.1. The van der Waals surface area contributed by atoms with E-state index in [0.29, 0.717) is 0 Å². The SMILES string of the molecule is C#Cc1cc[c]([Sn]([c]2ccc(C#C)cc2)([c]2ccc(C#C)cc2)[c]2ccc(C#C)cc2)cc1. The fourth-order valence-corrected chi connectivity index (χ4v) is 17.6. The topological polar surface area (TPSA) is 0 Å². The first-order valence-corrected chi connectivity index (χ1v) is 16.1. The zero-order valence-corrected chi connectivity index (χ0v) is 20.9. The van der Waals surface area contributed by atoms with Gasteiger partial charge in [-0.05, 0) is 0 Å².